The van der Waals surface area contributed by atoms with Gasteiger partial charge in [-0.25, -0.2) is 9.97 Å². The number of rotatable bonds is 3. The Balaban J connectivity index is 2.05. The van der Waals surface area contributed by atoms with Crippen LogP contribution in [0.1, 0.15) is 5.69 Å². The number of hydrogen-bond acceptors (Lipinski definition) is 4. The topological polar surface area (TPSA) is 61.0 Å². The Labute approximate surface area is 98.0 Å². The van der Waals surface area contributed by atoms with Gasteiger partial charge in [-0.05, 0) is 24.3 Å². The average molecular weight is 236 g/mol. The molecule has 0 aliphatic rings. The third-order valence-electron chi connectivity index (χ3n) is 1.97. The average Bonchev–Trinajstić information content (AvgIpc) is 2.29. The summed E-state index contributed by atoms with van der Waals surface area (Å²) < 4.78 is 5.50. The highest BCUT2D eigenvalue weighted by Crippen LogP contribution is 2.26. The van der Waals surface area contributed by atoms with Crippen molar-refractivity contribution in [1.82, 2.24) is 9.97 Å². The zero-order valence-corrected chi connectivity index (χ0v) is 9.19. The van der Waals surface area contributed by atoms with Gasteiger partial charge in [0.05, 0.1) is 10.7 Å². The third-order valence-corrected chi connectivity index (χ3v) is 2.27. The van der Waals surface area contributed by atoms with Crippen LogP contribution in [0.25, 0.3) is 0 Å². The Morgan fingerprint density at radius 3 is 2.88 bits per heavy atom. The summed E-state index contributed by atoms with van der Waals surface area (Å²) in [5, 5.41) is 0.494. The molecular weight excluding hydrogens is 226 g/mol. The molecule has 5 heteroatoms. The Morgan fingerprint density at radius 1 is 1.31 bits per heavy atom. The Kier molecular flexibility index (Phi) is 3.22. The van der Waals surface area contributed by atoms with Crippen molar-refractivity contribution in [2.75, 3.05) is 5.73 Å². The van der Waals surface area contributed by atoms with Gasteiger partial charge in [-0.2, -0.15) is 0 Å². The quantitative estimate of drug-likeness (QED) is 0.830. The molecule has 0 spiro atoms. The minimum absolute atomic E-state index is 0.353. The summed E-state index contributed by atoms with van der Waals surface area (Å²) in [6.45, 7) is 0.353. The van der Waals surface area contributed by atoms with E-state index in [9.17, 15) is 0 Å². The predicted molar refractivity (Wildman–Crippen MR) is 62.2 cm³/mol. The van der Waals surface area contributed by atoms with Crippen molar-refractivity contribution in [3.8, 4) is 5.75 Å². The van der Waals surface area contributed by atoms with Crippen molar-refractivity contribution in [3.63, 3.8) is 0 Å². The lowest BCUT2D eigenvalue weighted by molar-refractivity contribution is 0.301. The molecule has 0 amide bonds. The number of aromatic nitrogens is 2. The van der Waals surface area contributed by atoms with E-state index in [-0.39, 0.29) is 0 Å². The summed E-state index contributed by atoms with van der Waals surface area (Å²) in [6, 6.07) is 6.90. The number of hydrogen-bond donors (Lipinski definition) is 1. The third kappa shape index (κ3) is 2.61. The van der Waals surface area contributed by atoms with Crippen LogP contribution in [0.4, 0.5) is 5.69 Å². The van der Waals surface area contributed by atoms with E-state index in [1.54, 1.807) is 30.5 Å². The molecule has 2 rings (SSSR count). The monoisotopic (exact) mass is 235 g/mol. The highest BCUT2D eigenvalue weighted by Gasteiger charge is 2.02. The van der Waals surface area contributed by atoms with Crippen LogP contribution in [0.15, 0.2) is 36.8 Å². The minimum Gasteiger partial charge on any atom is -0.486 e. The fourth-order valence-corrected chi connectivity index (χ4v) is 1.43. The maximum Gasteiger partial charge on any atom is 0.138 e. The van der Waals surface area contributed by atoms with E-state index < -0.39 is 0 Å². The van der Waals surface area contributed by atoms with Gasteiger partial charge < -0.3 is 10.5 Å². The first-order chi connectivity index (χ1) is 7.75. The van der Waals surface area contributed by atoms with E-state index in [2.05, 4.69) is 9.97 Å². The molecule has 2 N–H and O–H groups in total. The highest BCUT2D eigenvalue weighted by atomic mass is 35.5. The molecule has 4 nitrogen and oxygen atoms in total. The SMILES string of the molecule is Nc1ccc(OCc2ccncn2)c(Cl)c1. The van der Waals surface area contributed by atoms with Crippen LogP contribution in [0.2, 0.25) is 5.02 Å². The fraction of sp³-hybridized carbons (Fsp3) is 0.0909. The Hall–Kier alpha value is -1.81. The minimum atomic E-state index is 0.353. The van der Waals surface area contributed by atoms with Gasteiger partial charge >= 0.3 is 0 Å². The fourth-order valence-electron chi connectivity index (χ4n) is 1.19. The molecule has 0 radical (unpaired) electrons. The maximum atomic E-state index is 5.96. The van der Waals surface area contributed by atoms with Gasteiger partial charge in [0.2, 0.25) is 0 Å². The van der Waals surface area contributed by atoms with E-state index >= 15 is 0 Å². The molecular formula is C11H10ClN3O. The van der Waals surface area contributed by atoms with Crippen LogP contribution >= 0.6 is 11.6 Å². The van der Waals surface area contributed by atoms with Crippen LogP contribution in [0.5, 0.6) is 5.75 Å². The second-order valence-electron chi connectivity index (χ2n) is 3.18. The summed E-state index contributed by atoms with van der Waals surface area (Å²) in [4.78, 5) is 7.86. The lowest BCUT2D eigenvalue weighted by atomic mass is 10.3. The van der Waals surface area contributed by atoms with Gasteiger partial charge in [0, 0.05) is 11.9 Å². The molecule has 16 heavy (non-hydrogen) atoms. The standard InChI is InChI=1S/C11H10ClN3O/c12-10-5-8(13)1-2-11(10)16-6-9-3-4-14-7-15-9/h1-5,7H,6,13H2. The Morgan fingerprint density at radius 2 is 2.19 bits per heavy atom. The number of nitrogens with zero attached hydrogens (tertiary/aromatic N) is 2. The van der Waals surface area contributed by atoms with Crippen LogP contribution in [-0.2, 0) is 6.61 Å². The van der Waals surface area contributed by atoms with Crippen molar-refractivity contribution in [2.24, 2.45) is 0 Å². The molecule has 1 aromatic carbocycles. The van der Waals surface area contributed by atoms with E-state index in [1.165, 1.54) is 6.33 Å². The first-order valence-corrected chi connectivity index (χ1v) is 5.06. The highest BCUT2D eigenvalue weighted by molar-refractivity contribution is 6.32. The number of ether oxygens (including phenoxy) is 1. The van der Waals surface area contributed by atoms with E-state index in [0.717, 1.165) is 5.69 Å². The predicted octanol–water partition coefficient (Wildman–Crippen LogP) is 2.29. The van der Waals surface area contributed by atoms with E-state index in [0.29, 0.717) is 23.1 Å². The molecule has 0 saturated heterocycles. The molecule has 0 aliphatic heterocycles. The van der Waals surface area contributed by atoms with Crippen LogP contribution < -0.4 is 10.5 Å². The van der Waals surface area contributed by atoms with Crippen LogP contribution in [-0.4, -0.2) is 9.97 Å². The molecule has 0 fully saturated rings. The van der Waals surface area contributed by atoms with Crippen molar-refractivity contribution in [2.45, 2.75) is 6.61 Å². The molecule has 0 atom stereocenters. The molecule has 2 aromatic rings. The lowest BCUT2D eigenvalue weighted by Crippen LogP contribution is -1.98. The van der Waals surface area contributed by atoms with Gasteiger partial charge in [-0.15, -0.1) is 0 Å². The normalized spacial score (nSPS) is 10.1. The molecule has 1 heterocycles. The van der Waals surface area contributed by atoms with Gasteiger partial charge in [-0.1, -0.05) is 11.6 Å². The zero-order valence-electron chi connectivity index (χ0n) is 8.43. The summed E-state index contributed by atoms with van der Waals surface area (Å²) in [6.07, 6.45) is 3.14. The second-order valence-corrected chi connectivity index (χ2v) is 3.59. The van der Waals surface area contributed by atoms with Gasteiger partial charge in [0.1, 0.15) is 18.7 Å². The van der Waals surface area contributed by atoms with Crippen molar-refractivity contribution >= 4 is 17.3 Å². The Bertz CT molecular complexity index is 476. The largest absolute Gasteiger partial charge is 0.486 e. The molecule has 0 aliphatic carbocycles. The van der Waals surface area contributed by atoms with Crippen molar-refractivity contribution in [1.29, 1.82) is 0 Å². The van der Waals surface area contributed by atoms with Crippen LogP contribution in [0, 0.1) is 0 Å². The van der Waals surface area contributed by atoms with E-state index in [1.807, 2.05) is 0 Å². The van der Waals surface area contributed by atoms with Gasteiger partial charge in [-0.3, -0.25) is 0 Å². The molecule has 0 bridgehead atoms. The maximum absolute atomic E-state index is 5.96. The van der Waals surface area contributed by atoms with Crippen molar-refractivity contribution < 1.29 is 4.74 Å². The number of anilines is 1. The smallest absolute Gasteiger partial charge is 0.138 e. The van der Waals surface area contributed by atoms with Gasteiger partial charge in [0.25, 0.3) is 0 Å². The molecule has 0 unspecified atom stereocenters. The zero-order chi connectivity index (χ0) is 11.4. The number of halogens is 1. The van der Waals surface area contributed by atoms with Crippen LogP contribution in [0.3, 0.4) is 0 Å². The summed E-state index contributed by atoms with van der Waals surface area (Å²) in [5.74, 6) is 0.592. The summed E-state index contributed by atoms with van der Waals surface area (Å²) in [7, 11) is 0. The van der Waals surface area contributed by atoms with Gasteiger partial charge in [0.15, 0.2) is 0 Å². The summed E-state index contributed by atoms with van der Waals surface area (Å²) in [5.41, 5.74) is 6.98. The molecule has 82 valence electrons. The first kappa shape index (κ1) is 10.7. The molecule has 0 saturated carbocycles. The number of nitrogens with two attached hydrogens (primary N) is 1. The summed E-state index contributed by atoms with van der Waals surface area (Å²) >= 11 is 5.96. The first-order valence-electron chi connectivity index (χ1n) is 4.68. The second kappa shape index (κ2) is 4.81. The number of nitrogen functional groups attached to an aromatic ring is 1. The van der Waals surface area contributed by atoms with E-state index in [4.69, 9.17) is 22.1 Å². The lowest BCUT2D eigenvalue weighted by Gasteiger charge is -2.07. The number of benzene rings is 1. The van der Waals surface area contributed by atoms with Crippen molar-refractivity contribution in [3.05, 3.63) is 47.5 Å². The molecule has 1 aromatic heterocycles.